The number of anilines is 1. The van der Waals surface area contributed by atoms with E-state index >= 15 is 0 Å². The molecule has 2 heterocycles. The number of carbonyl (C=O) groups is 1. The molecule has 24 heavy (non-hydrogen) atoms. The molecule has 1 aliphatic rings. The molecule has 0 N–H and O–H groups in total. The van der Waals surface area contributed by atoms with Crippen LogP contribution in [0.1, 0.15) is 12.0 Å². The normalized spacial score (nSPS) is 14.8. The second-order valence-electron chi connectivity index (χ2n) is 5.67. The highest BCUT2D eigenvalue weighted by Crippen LogP contribution is 2.22. The molecule has 0 radical (unpaired) electrons. The van der Waals surface area contributed by atoms with Crippen molar-refractivity contribution in [3.8, 4) is 0 Å². The Labute approximate surface area is 151 Å². The number of rotatable bonds is 4. The number of aryl methyl sites for hydroxylation is 1. The number of piperazine rings is 1. The van der Waals surface area contributed by atoms with Crippen LogP contribution in [0.2, 0.25) is 10.0 Å². The number of hydrogen-bond acceptors (Lipinski definition) is 4. The van der Waals surface area contributed by atoms with Crippen LogP contribution in [0.3, 0.4) is 0 Å². The third-order valence-electron chi connectivity index (χ3n) is 4.13. The van der Waals surface area contributed by atoms with E-state index in [1.165, 1.54) is 0 Å². The zero-order chi connectivity index (χ0) is 16.9. The first-order chi connectivity index (χ1) is 11.6. The highest BCUT2D eigenvalue weighted by Gasteiger charge is 2.21. The lowest BCUT2D eigenvalue weighted by Gasteiger charge is -2.35. The van der Waals surface area contributed by atoms with Gasteiger partial charge in [0, 0.05) is 55.0 Å². The first kappa shape index (κ1) is 17.0. The molecular formula is C17H18Cl2N4O. The number of nitrogens with zero attached hydrogens (tertiary/aromatic N) is 4. The minimum absolute atomic E-state index is 0.153. The molecule has 126 valence electrons. The van der Waals surface area contributed by atoms with Crippen LogP contribution in [-0.4, -0.2) is 47.0 Å². The summed E-state index contributed by atoms with van der Waals surface area (Å²) in [6, 6.07) is 5.39. The van der Waals surface area contributed by atoms with Gasteiger partial charge in [-0.3, -0.25) is 9.78 Å². The number of aromatic nitrogens is 2. The Morgan fingerprint density at radius 3 is 2.58 bits per heavy atom. The van der Waals surface area contributed by atoms with E-state index in [0.29, 0.717) is 36.0 Å². The standard InChI is InChI=1S/C17H18Cl2N4O/c18-14-3-1-13(15(19)11-14)2-4-17(24)23-9-7-22(8-10-23)16-12-20-5-6-21-16/h1,3,5-6,11-12H,2,4,7-10H2. The number of hydrogen-bond donors (Lipinski definition) is 0. The highest BCUT2D eigenvalue weighted by molar-refractivity contribution is 6.35. The van der Waals surface area contributed by atoms with E-state index in [-0.39, 0.29) is 5.91 Å². The van der Waals surface area contributed by atoms with Crippen LogP contribution < -0.4 is 4.90 Å². The molecule has 1 aliphatic heterocycles. The predicted molar refractivity (Wildman–Crippen MR) is 95.6 cm³/mol. The van der Waals surface area contributed by atoms with Gasteiger partial charge in [-0.25, -0.2) is 4.98 Å². The van der Waals surface area contributed by atoms with Crippen molar-refractivity contribution in [3.05, 3.63) is 52.4 Å². The molecule has 2 aromatic rings. The van der Waals surface area contributed by atoms with E-state index in [2.05, 4.69) is 14.9 Å². The molecule has 1 aromatic carbocycles. The monoisotopic (exact) mass is 364 g/mol. The Morgan fingerprint density at radius 2 is 1.92 bits per heavy atom. The smallest absolute Gasteiger partial charge is 0.223 e. The zero-order valence-corrected chi connectivity index (χ0v) is 14.7. The maximum atomic E-state index is 12.4. The van der Waals surface area contributed by atoms with Crippen LogP contribution >= 0.6 is 23.2 Å². The van der Waals surface area contributed by atoms with Crippen molar-refractivity contribution in [2.45, 2.75) is 12.8 Å². The third-order valence-corrected chi connectivity index (χ3v) is 4.72. The van der Waals surface area contributed by atoms with Gasteiger partial charge in [0.15, 0.2) is 0 Å². The summed E-state index contributed by atoms with van der Waals surface area (Å²) < 4.78 is 0. The number of amides is 1. The van der Waals surface area contributed by atoms with Gasteiger partial charge in [-0.05, 0) is 24.1 Å². The van der Waals surface area contributed by atoms with Crippen molar-refractivity contribution in [3.63, 3.8) is 0 Å². The van der Waals surface area contributed by atoms with E-state index in [1.807, 2.05) is 11.0 Å². The second-order valence-corrected chi connectivity index (χ2v) is 6.51. The zero-order valence-electron chi connectivity index (χ0n) is 13.2. The average molecular weight is 365 g/mol. The van der Waals surface area contributed by atoms with Crippen molar-refractivity contribution < 1.29 is 4.79 Å². The number of carbonyl (C=O) groups excluding carboxylic acids is 1. The van der Waals surface area contributed by atoms with Gasteiger partial charge in [-0.1, -0.05) is 29.3 Å². The summed E-state index contributed by atoms with van der Waals surface area (Å²) in [6.07, 6.45) is 6.17. The molecule has 1 amide bonds. The molecule has 0 bridgehead atoms. The molecule has 0 saturated carbocycles. The lowest BCUT2D eigenvalue weighted by Crippen LogP contribution is -2.49. The fourth-order valence-corrected chi connectivity index (χ4v) is 3.27. The van der Waals surface area contributed by atoms with Crippen molar-refractivity contribution >= 4 is 34.9 Å². The lowest BCUT2D eigenvalue weighted by atomic mass is 10.1. The summed E-state index contributed by atoms with van der Waals surface area (Å²) in [5.74, 6) is 1.01. The molecule has 5 nitrogen and oxygen atoms in total. The van der Waals surface area contributed by atoms with Crippen LogP contribution in [0.4, 0.5) is 5.82 Å². The van der Waals surface area contributed by atoms with E-state index in [9.17, 15) is 4.79 Å². The summed E-state index contributed by atoms with van der Waals surface area (Å²) in [6.45, 7) is 2.94. The van der Waals surface area contributed by atoms with Gasteiger partial charge in [0.1, 0.15) is 5.82 Å². The van der Waals surface area contributed by atoms with E-state index in [4.69, 9.17) is 23.2 Å². The fraction of sp³-hybridized carbons (Fsp3) is 0.353. The van der Waals surface area contributed by atoms with E-state index < -0.39 is 0 Å². The molecule has 1 fully saturated rings. The quantitative estimate of drug-likeness (QED) is 0.836. The Hall–Kier alpha value is -1.85. The van der Waals surface area contributed by atoms with Crippen molar-refractivity contribution in [2.75, 3.05) is 31.1 Å². The molecule has 3 rings (SSSR count). The molecule has 0 aliphatic carbocycles. The summed E-state index contributed by atoms with van der Waals surface area (Å²) in [5.41, 5.74) is 0.951. The summed E-state index contributed by atoms with van der Waals surface area (Å²) in [4.78, 5) is 24.8. The number of benzene rings is 1. The van der Waals surface area contributed by atoms with Gasteiger partial charge >= 0.3 is 0 Å². The van der Waals surface area contributed by atoms with Crippen molar-refractivity contribution in [1.82, 2.24) is 14.9 Å². The summed E-state index contributed by atoms with van der Waals surface area (Å²) in [7, 11) is 0. The minimum atomic E-state index is 0.153. The Kier molecular flexibility index (Phi) is 5.53. The van der Waals surface area contributed by atoms with Gasteiger partial charge < -0.3 is 9.80 Å². The Bertz CT molecular complexity index is 703. The predicted octanol–water partition coefficient (Wildman–Crippen LogP) is 3.06. The lowest BCUT2D eigenvalue weighted by molar-refractivity contribution is -0.131. The van der Waals surface area contributed by atoms with Gasteiger partial charge in [0.05, 0.1) is 6.20 Å². The van der Waals surface area contributed by atoms with Gasteiger partial charge in [-0.15, -0.1) is 0 Å². The second kappa shape index (κ2) is 7.81. The summed E-state index contributed by atoms with van der Waals surface area (Å²) >= 11 is 12.0. The molecule has 0 atom stereocenters. The molecule has 0 spiro atoms. The largest absolute Gasteiger partial charge is 0.352 e. The highest BCUT2D eigenvalue weighted by atomic mass is 35.5. The van der Waals surface area contributed by atoms with E-state index in [1.54, 1.807) is 30.7 Å². The van der Waals surface area contributed by atoms with Crippen LogP contribution in [0.25, 0.3) is 0 Å². The first-order valence-electron chi connectivity index (χ1n) is 7.86. The van der Waals surface area contributed by atoms with E-state index in [0.717, 1.165) is 24.5 Å². The molecule has 0 unspecified atom stereocenters. The maximum absolute atomic E-state index is 12.4. The first-order valence-corrected chi connectivity index (χ1v) is 8.62. The number of halogens is 2. The van der Waals surface area contributed by atoms with Crippen LogP contribution in [0, 0.1) is 0 Å². The topological polar surface area (TPSA) is 49.3 Å². The van der Waals surface area contributed by atoms with Crippen LogP contribution in [0.15, 0.2) is 36.8 Å². The minimum Gasteiger partial charge on any atom is -0.352 e. The Balaban J connectivity index is 1.50. The SMILES string of the molecule is O=C(CCc1ccc(Cl)cc1Cl)N1CCN(c2cnccn2)CC1. The fourth-order valence-electron chi connectivity index (χ4n) is 2.76. The maximum Gasteiger partial charge on any atom is 0.223 e. The van der Waals surface area contributed by atoms with Gasteiger partial charge in [0.25, 0.3) is 0 Å². The van der Waals surface area contributed by atoms with Crippen LogP contribution in [0.5, 0.6) is 0 Å². The third kappa shape index (κ3) is 4.16. The summed E-state index contributed by atoms with van der Waals surface area (Å²) in [5, 5.41) is 1.22. The van der Waals surface area contributed by atoms with Gasteiger partial charge in [0.2, 0.25) is 5.91 Å². The molecule has 1 aromatic heterocycles. The van der Waals surface area contributed by atoms with Crippen molar-refractivity contribution in [2.24, 2.45) is 0 Å². The molecule has 1 saturated heterocycles. The molecule has 7 heteroatoms. The Morgan fingerprint density at radius 1 is 1.12 bits per heavy atom. The van der Waals surface area contributed by atoms with Crippen LogP contribution in [-0.2, 0) is 11.2 Å². The average Bonchev–Trinajstić information content (AvgIpc) is 2.62. The van der Waals surface area contributed by atoms with Gasteiger partial charge in [-0.2, -0.15) is 0 Å². The molecular weight excluding hydrogens is 347 g/mol. The van der Waals surface area contributed by atoms with Crippen molar-refractivity contribution in [1.29, 1.82) is 0 Å².